The monoisotopic (exact) mass is 226 g/mol. The molecule has 1 aromatic carbocycles. The highest BCUT2D eigenvalue weighted by atomic mass is 28.3. The van der Waals surface area contributed by atoms with Crippen molar-refractivity contribution in [3.8, 4) is 0 Å². The maximum atomic E-state index is 12.7. The number of hydrogen-bond acceptors (Lipinski definition) is 1. The molecular formula is C12H19FOSi. The van der Waals surface area contributed by atoms with Crippen LogP contribution < -0.4 is 0 Å². The van der Waals surface area contributed by atoms with Crippen molar-refractivity contribution < 1.29 is 9.50 Å². The molecule has 0 radical (unpaired) electrons. The maximum absolute atomic E-state index is 12.7. The second-order valence-corrected chi connectivity index (χ2v) is 10.8. The lowest BCUT2D eigenvalue weighted by Crippen LogP contribution is -2.20. The summed E-state index contributed by atoms with van der Waals surface area (Å²) < 4.78 is 12.7. The van der Waals surface area contributed by atoms with E-state index in [-0.39, 0.29) is 5.82 Å². The van der Waals surface area contributed by atoms with Gasteiger partial charge in [0.25, 0.3) is 0 Å². The molecule has 1 rings (SSSR count). The van der Waals surface area contributed by atoms with Gasteiger partial charge in [0.05, 0.1) is 6.10 Å². The number of halogens is 1. The number of benzene rings is 1. The second-order valence-electron chi connectivity index (χ2n) is 5.17. The molecule has 0 saturated carbocycles. The topological polar surface area (TPSA) is 20.2 Å². The van der Waals surface area contributed by atoms with Crippen LogP contribution >= 0.6 is 0 Å². The van der Waals surface area contributed by atoms with Gasteiger partial charge in [-0.05, 0) is 24.1 Å². The standard InChI is InChI=1S/C12H19FOSi/c1-15(2,3)9-8-12(14)10-4-6-11(13)7-5-10/h4-7,12,14H,8-9H2,1-3H3/t12-/m0/s1. The molecular weight excluding hydrogens is 207 g/mol. The van der Waals surface area contributed by atoms with Gasteiger partial charge < -0.3 is 5.11 Å². The Morgan fingerprint density at radius 3 is 2.20 bits per heavy atom. The van der Waals surface area contributed by atoms with Gasteiger partial charge in [0.1, 0.15) is 5.82 Å². The fourth-order valence-corrected chi connectivity index (χ4v) is 2.56. The van der Waals surface area contributed by atoms with Gasteiger partial charge in [-0.15, -0.1) is 0 Å². The summed E-state index contributed by atoms with van der Waals surface area (Å²) in [6.45, 7) is 6.85. The van der Waals surface area contributed by atoms with E-state index in [1.807, 2.05) is 0 Å². The molecule has 1 atom stereocenters. The summed E-state index contributed by atoms with van der Waals surface area (Å²) in [6, 6.07) is 7.19. The first-order chi connectivity index (χ1) is 6.88. The van der Waals surface area contributed by atoms with Crippen molar-refractivity contribution in [1.29, 1.82) is 0 Å². The Labute approximate surface area is 92.0 Å². The molecule has 1 N–H and O–H groups in total. The molecule has 0 saturated heterocycles. The van der Waals surface area contributed by atoms with E-state index in [1.165, 1.54) is 12.1 Å². The Balaban J connectivity index is 2.54. The van der Waals surface area contributed by atoms with Crippen LogP contribution in [0.2, 0.25) is 25.7 Å². The van der Waals surface area contributed by atoms with Gasteiger partial charge in [0, 0.05) is 8.07 Å². The average molecular weight is 226 g/mol. The van der Waals surface area contributed by atoms with E-state index in [2.05, 4.69) is 19.6 Å². The van der Waals surface area contributed by atoms with Gasteiger partial charge >= 0.3 is 0 Å². The van der Waals surface area contributed by atoms with Gasteiger partial charge in [-0.2, -0.15) is 0 Å². The highest BCUT2D eigenvalue weighted by molar-refractivity contribution is 6.76. The summed E-state index contributed by atoms with van der Waals surface area (Å²) in [5.41, 5.74) is 0.814. The van der Waals surface area contributed by atoms with Crippen molar-refractivity contribution >= 4 is 8.07 Å². The Kier molecular flexibility index (Phi) is 4.05. The van der Waals surface area contributed by atoms with Crippen LogP contribution in [0.5, 0.6) is 0 Å². The summed E-state index contributed by atoms with van der Waals surface area (Å²) in [5, 5.41) is 9.87. The van der Waals surface area contributed by atoms with E-state index in [0.717, 1.165) is 18.0 Å². The van der Waals surface area contributed by atoms with Gasteiger partial charge in [0.15, 0.2) is 0 Å². The summed E-state index contributed by atoms with van der Waals surface area (Å²) in [7, 11) is -1.10. The van der Waals surface area contributed by atoms with Gasteiger partial charge in [-0.3, -0.25) is 0 Å². The predicted octanol–water partition coefficient (Wildman–Crippen LogP) is 3.59. The third kappa shape index (κ3) is 4.58. The molecule has 0 fully saturated rings. The zero-order valence-electron chi connectivity index (χ0n) is 9.63. The van der Waals surface area contributed by atoms with Gasteiger partial charge in [-0.1, -0.05) is 37.8 Å². The summed E-state index contributed by atoms with van der Waals surface area (Å²) in [4.78, 5) is 0. The first-order valence-electron chi connectivity index (χ1n) is 5.32. The first-order valence-corrected chi connectivity index (χ1v) is 9.03. The zero-order valence-corrected chi connectivity index (χ0v) is 10.6. The summed E-state index contributed by atoms with van der Waals surface area (Å²) in [5.74, 6) is -0.254. The number of aliphatic hydroxyl groups excluding tert-OH is 1. The van der Waals surface area contributed by atoms with Crippen LogP contribution in [0.4, 0.5) is 4.39 Å². The summed E-state index contributed by atoms with van der Waals surface area (Å²) in [6.07, 6.45) is 0.332. The zero-order chi connectivity index (χ0) is 11.5. The third-order valence-corrected chi connectivity index (χ3v) is 4.21. The molecule has 3 heteroatoms. The van der Waals surface area contributed by atoms with Crippen LogP contribution in [-0.2, 0) is 0 Å². The Morgan fingerprint density at radius 2 is 1.73 bits per heavy atom. The van der Waals surface area contributed by atoms with Crippen molar-refractivity contribution in [2.75, 3.05) is 0 Å². The fraction of sp³-hybridized carbons (Fsp3) is 0.500. The molecule has 0 aliphatic rings. The molecule has 0 aromatic heterocycles. The minimum Gasteiger partial charge on any atom is -0.388 e. The SMILES string of the molecule is C[Si](C)(C)CC[C@H](O)c1ccc(F)cc1. The van der Waals surface area contributed by atoms with E-state index in [4.69, 9.17) is 0 Å². The fourth-order valence-electron chi connectivity index (χ4n) is 1.42. The number of aliphatic hydroxyl groups is 1. The lowest BCUT2D eigenvalue weighted by atomic mass is 10.1. The molecule has 0 amide bonds. The minimum atomic E-state index is -1.10. The predicted molar refractivity (Wildman–Crippen MR) is 64.1 cm³/mol. The van der Waals surface area contributed by atoms with E-state index in [1.54, 1.807) is 12.1 Å². The van der Waals surface area contributed by atoms with Crippen LogP contribution in [0, 0.1) is 5.82 Å². The van der Waals surface area contributed by atoms with Crippen LogP contribution in [0.25, 0.3) is 0 Å². The van der Waals surface area contributed by atoms with E-state index >= 15 is 0 Å². The first kappa shape index (κ1) is 12.4. The lowest BCUT2D eigenvalue weighted by Gasteiger charge is -2.18. The molecule has 0 aliphatic carbocycles. The molecule has 1 nitrogen and oxygen atoms in total. The molecule has 0 heterocycles. The van der Waals surface area contributed by atoms with Gasteiger partial charge in [-0.25, -0.2) is 4.39 Å². The molecule has 15 heavy (non-hydrogen) atoms. The highest BCUT2D eigenvalue weighted by Gasteiger charge is 2.16. The smallest absolute Gasteiger partial charge is 0.123 e. The third-order valence-electron chi connectivity index (χ3n) is 2.42. The summed E-state index contributed by atoms with van der Waals surface area (Å²) >= 11 is 0. The molecule has 0 aliphatic heterocycles. The van der Waals surface area contributed by atoms with Crippen molar-refractivity contribution in [3.63, 3.8) is 0 Å². The van der Waals surface area contributed by atoms with Crippen LogP contribution in [0.1, 0.15) is 18.1 Å². The molecule has 0 spiro atoms. The molecule has 0 bridgehead atoms. The van der Waals surface area contributed by atoms with Crippen molar-refractivity contribution in [1.82, 2.24) is 0 Å². The second kappa shape index (κ2) is 4.90. The highest BCUT2D eigenvalue weighted by Crippen LogP contribution is 2.22. The van der Waals surface area contributed by atoms with Gasteiger partial charge in [0.2, 0.25) is 0 Å². The Hall–Kier alpha value is -0.673. The van der Waals surface area contributed by atoms with Crippen molar-refractivity contribution in [3.05, 3.63) is 35.6 Å². The van der Waals surface area contributed by atoms with E-state index in [0.29, 0.717) is 0 Å². The minimum absolute atomic E-state index is 0.254. The lowest BCUT2D eigenvalue weighted by molar-refractivity contribution is 0.173. The van der Waals surface area contributed by atoms with Crippen molar-refractivity contribution in [2.45, 2.75) is 38.2 Å². The normalized spacial score (nSPS) is 13.9. The largest absolute Gasteiger partial charge is 0.388 e. The van der Waals surface area contributed by atoms with Crippen LogP contribution in [0.15, 0.2) is 24.3 Å². The maximum Gasteiger partial charge on any atom is 0.123 e. The van der Waals surface area contributed by atoms with Crippen LogP contribution in [-0.4, -0.2) is 13.2 Å². The molecule has 1 aromatic rings. The number of rotatable bonds is 4. The average Bonchev–Trinajstić information content (AvgIpc) is 2.14. The Bertz CT molecular complexity index is 302. The Morgan fingerprint density at radius 1 is 1.20 bits per heavy atom. The number of hydrogen-bond donors (Lipinski definition) is 1. The van der Waals surface area contributed by atoms with Crippen LogP contribution in [0.3, 0.4) is 0 Å². The van der Waals surface area contributed by atoms with E-state index in [9.17, 15) is 9.50 Å². The quantitative estimate of drug-likeness (QED) is 0.778. The molecule has 84 valence electrons. The molecule has 0 unspecified atom stereocenters. The van der Waals surface area contributed by atoms with E-state index < -0.39 is 14.2 Å². The van der Waals surface area contributed by atoms with Crippen molar-refractivity contribution in [2.24, 2.45) is 0 Å².